The van der Waals surface area contributed by atoms with Crippen LogP contribution >= 0.6 is 26.4 Å². The fourth-order valence-electron chi connectivity index (χ4n) is 2.53. The highest BCUT2D eigenvalue weighted by molar-refractivity contribution is 9.10. The number of rotatable bonds is 6. The molecule has 1 aliphatic heterocycles. The van der Waals surface area contributed by atoms with Crippen LogP contribution in [-0.2, 0) is 5.54 Å². The number of aromatic nitrogens is 1. The summed E-state index contributed by atoms with van der Waals surface area (Å²) in [5.74, 6) is -0.419. The fourth-order valence-corrected chi connectivity index (χ4v) is 5.48. The summed E-state index contributed by atoms with van der Waals surface area (Å²) in [5, 5.41) is 11.5. The number of nitrogens with two attached hydrogens (primary N) is 2. The molecule has 0 aliphatic carbocycles. The van der Waals surface area contributed by atoms with Crippen molar-refractivity contribution in [2.75, 3.05) is 6.54 Å². The molecule has 1 aromatic rings. The van der Waals surface area contributed by atoms with Crippen LogP contribution in [0, 0.1) is 17.1 Å². The first-order valence-corrected chi connectivity index (χ1v) is 9.20. The third-order valence-electron chi connectivity index (χ3n) is 4.00. The number of hydrogen-bond acceptors (Lipinski definition) is 4. The van der Waals surface area contributed by atoms with Gasteiger partial charge in [0, 0.05) is 5.25 Å². The van der Waals surface area contributed by atoms with Crippen LogP contribution in [0.4, 0.5) is 4.39 Å². The molecule has 2 rings (SSSR count). The first-order chi connectivity index (χ1) is 10.3. The number of halogens is 2. The molecule has 0 radical (unpaired) electrons. The van der Waals surface area contributed by atoms with Crippen LogP contribution in [0.15, 0.2) is 16.7 Å². The maximum Gasteiger partial charge on any atom is 0.146 e. The monoisotopic (exact) mass is 386 g/mol. The van der Waals surface area contributed by atoms with E-state index in [-0.39, 0.29) is 21.4 Å². The Bertz CT molecular complexity index is 655. The van der Waals surface area contributed by atoms with E-state index in [2.05, 4.69) is 32.4 Å². The third-order valence-corrected chi connectivity index (χ3v) is 7.20. The number of pyridine rings is 1. The number of nitrogens with zero attached hydrogens (tertiary/aromatic N) is 2. The molecule has 22 heavy (non-hydrogen) atoms. The smallest absolute Gasteiger partial charge is 0.146 e. The molecular weight excluding hydrogens is 367 g/mol. The summed E-state index contributed by atoms with van der Waals surface area (Å²) in [6, 6.07) is 5.31. The van der Waals surface area contributed by atoms with E-state index in [1.165, 1.54) is 6.07 Å². The Kier molecular flexibility index (Phi) is 5.07. The van der Waals surface area contributed by atoms with Crippen LogP contribution in [0.1, 0.15) is 32.4 Å². The minimum Gasteiger partial charge on any atom is -0.330 e. The van der Waals surface area contributed by atoms with E-state index in [4.69, 9.17) is 11.5 Å². The van der Waals surface area contributed by atoms with Gasteiger partial charge in [-0.05, 0) is 66.7 Å². The van der Waals surface area contributed by atoms with Gasteiger partial charge < -0.3 is 11.5 Å². The molecule has 4 nitrogen and oxygen atoms in total. The highest BCUT2D eigenvalue weighted by atomic mass is 79.9. The first-order valence-electron chi connectivity index (χ1n) is 7.06. The lowest BCUT2D eigenvalue weighted by atomic mass is 9.95. The SMILES string of the molecule is C[C@@](N)(c1nc(Br)ccc1F)[C@H]1C=S1[C@](C)(C#N)CCCN. The normalized spacial score (nSPS) is 25.5. The summed E-state index contributed by atoms with van der Waals surface area (Å²) in [5.41, 5.74) is 11.3. The van der Waals surface area contributed by atoms with Crippen molar-refractivity contribution in [1.29, 1.82) is 5.26 Å². The van der Waals surface area contributed by atoms with Gasteiger partial charge in [0.1, 0.15) is 10.4 Å². The summed E-state index contributed by atoms with van der Waals surface area (Å²) in [4.78, 5) is 4.21. The average Bonchev–Trinajstić information content (AvgIpc) is 3.29. The standard InChI is InChI=1S/C15H20BrFN4S/c1-14(9-19,6-3-7-18)22-8-11(22)15(2,20)13-10(17)4-5-12(16)21-13/h4-5,8,11H,3,6-7,18,20H2,1-2H3/t11-,14+,15+,22?/m1/s1. The molecule has 0 amide bonds. The average molecular weight is 387 g/mol. The topological polar surface area (TPSA) is 88.7 Å². The zero-order chi connectivity index (χ0) is 16.5. The molecule has 0 bridgehead atoms. The van der Waals surface area contributed by atoms with Gasteiger partial charge in [-0.1, -0.05) is 0 Å². The van der Waals surface area contributed by atoms with E-state index < -0.39 is 16.1 Å². The van der Waals surface area contributed by atoms with Gasteiger partial charge >= 0.3 is 0 Å². The van der Waals surface area contributed by atoms with Crippen molar-refractivity contribution in [3.05, 3.63) is 28.2 Å². The summed E-state index contributed by atoms with van der Waals surface area (Å²) < 4.78 is 14.2. The third kappa shape index (κ3) is 3.25. The van der Waals surface area contributed by atoms with E-state index in [1.54, 1.807) is 13.0 Å². The quantitative estimate of drug-likeness (QED) is 0.580. The van der Waals surface area contributed by atoms with Crippen molar-refractivity contribution < 1.29 is 4.39 Å². The zero-order valence-electron chi connectivity index (χ0n) is 12.6. The molecule has 120 valence electrons. The summed E-state index contributed by atoms with van der Waals surface area (Å²) >= 11 is 3.25. The molecule has 4 atom stereocenters. The lowest BCUT2D eigenvalue weighted by Crippen LogP contribution is -2.42. The Morgan fingerprint density at radius 1 is 1.50 bits per heavy atom. The van der Waals surface area contributed by atoms with Crippen LogP contribution in [0.25, 0.3) is 0 Å². The van der Waals surface area contributed by atoms with E-state index in [1.807, 2.05) is 6.92 Å². The Balaban J connectivity index is 2.24. The predicted molar refractivity (Wildman–Crippen MR) is 93.2 cm³/mol. The highest BCUT2D eigenvalue weighted by Crippen LogP contribution is 2.53. The van der Waals surface area contributed by atoms with Crippen molar-refractivity contribution >= 4 is 31.8 Å². The van der Waals surface area contributed by atoms with Crippen molar-refractivity contribution in [2.45, 2.75) is 42.2 Å². The van der Waals surface area contributed by atoms with Gasteiger partial charge in [-0.15, -0.1) is 0 Å². The van der Waals surface area contributed by atoms with E-state index >= 15 is 0 Å². The van der Waals surface area contributed by atoms with Crippen LogP contribution in [0.2, 0.25) is 0 Å². The number of nitriles is 1. The van der Waals surface area contributed by atoms with Crippen molar-refractivity contribution in [3.63, 3.8) is 0 Å². The molecule has 1 aromatic heterocycles. The number of hydrogen-bond donors (Lipinski definition) is 2. The minimum absolute atomic E-state index is 0.0498. The summed E-state index contributed by atoms with van der Waals surface area (Å²) in [7, 11) is -0.282. The van der Waals surface area contributed by atoms with Crippen molar-refractivity contribution in [2.24, 2.45) is 11.5 Å². The lowest BCUT2D eigenvalue weighted by Gasteiger charge is -2.29. The molecule has 4 N–H and O–H groups in total. The predicted octanol–water partition coefficient (Wildman–Crippen LogP) is 2.63. The minimum atomic E-state index is -0.933. The second kappa shape index (κ2) is 6.36. The summed E-state index contributed by atoms with van der Waals surface area (Å²) in [6.45, 7) is 4.27. The molecular formula is C15H20BrFN4S. The van der Waals surface area contributed by atoms with E-state index in [0.717, 1.165) is 12.8 Å². The lowest BCUT2D eigenvalue weighted by molar-refractivity contribution is 0.470. The summed E-state index contributed by atoms with van der Waals surface area (Å²) in [6.07, 6.45) is 1.51. The Labute approximate surface area is 141 Å². The molecule has 0 saturated carbocycles. The molecule has 2 heterocycles. The van der Waals surface area contributed by atoms with Gasteiger partial charge in [-0.3, -0.25) is 0 Å². The molecule has 1 unspecified atom stereocenters. The Morgan fingerprint density at radius 2 is 2.18 bits per heavy atom. The van der Waals surface area contributed by atoms with Gasteiger partial charge in [-0.25, -0.2) is 9.37 Å². The largest absolute Gasteiger partial charge is 0.330 e. The van der Waals surface area contributed by atoms with Gasteiger partial charge in [0.2, 0.25) is 0 Å². The Morgan fingerprint density at radius 3 is 2.77 bits per heavy atom. The molecule has 0 fully saturated rings. The fraction of sp³-hybridized carbons (Fsp3) is 0.533. The maximum absolute atomic E-state index is 14.1. The van der Waals surface area contributed by atoms with Gasteiger partial charge in [0.25, 0.3) is 0 Å². The first kappa shape index (κ1) is 17.5. The van der Waals surface area contributed by atoms with Crippen LogP contribution in [0.5, 0.6) is 0 Å². The molecule has 0 spiro atoms. The Hall–Kier alpha value is -0.810. The van der Waals surface area contributed by atoms with Crippen molar-refractivity contribution in [1.82, 2.24) is 4.98 Å². The van der Waals surface area contributed by atoms with Crippen LogP contribution in [-0.4, -0.2) is 26.9 Å². The van der Waals surface area contributed by atoms with E-state index in [0.29, 0.717) is 11.1 Å². The zero-order valence-corrected chi connectivity index (χ0v) is 15.0. The van der Waals surface area contributed by atoms with Crippen LogP contribution < -0.4 is 11.5 Å². The van der Waals surface area contributed by atoms with Crippen molar-refractivity contribution in [3.8, 4) is 6.07 Å². The van der Waals surface area contributed by atoms with Crippen LogP contribution in [0.3, 0.4) is 0 Å². The second-order valence-corrected chi connectivity index (χ2v) is 9.15. The maximum atomic E-state index is 14.1. The molecule has 1 aliphatic rings. The molecule has 0 saturated heterocycles. The second-order valence-electron chi connectivity index (χ2n) is 5.91. The van der Waals surface area contributed by atoms with E-state index in [9.17, 15) is 9.65 Å². The van der Waals surface area contributed by atoms with Gasteiger partial charge in [0.05, 0.1) is 22.0 Å². The van der Waals surface area contributed by atoms with Gasteiger partial charge in [0.15, 0.2) is 0 Å². The molecule has 7 heteroatoms. The van der Waals surface area contributed by atoms with Gasteiger partial charge in [-0.2, -0.15) is 15.7 Å². The highest BCUT2D eigenvalue weighted by Gasteiger charge is 2.49. The molecule has 0 aromatic carbocycles.